The Bertz CT molecular complexity index is 329. The summed E-state index contributed by atoms with van der Waals surface area (Å²) in [6, 6.07) is 0.384. The summed E-state index contributed by atoms with van der Waals surface area (Å²) in [6.45, 7) is 6.17. The summed E-state index contributed by atoms with van der Waals surface area (Å²) in [6.07, 6.45) is 8.24. The van der Waals surface area contributed by atoms with Gasteiger partial charge in [0, 0.05) is 5.41 Å². The van der Waals surface area contributed by atoms with Gasteiger partial charge in [0.05, 0.1) is 13.2 Å². The molecule has 5 fully saturated rings. The minimum absolute atomic E-state index is 0.0935. The quantitative estimate of drug-likeness (QED) is 0.804. The summed E-state index contributed by atoms with van der Waals surface area (Å²) < 4.78 is 5.48. The number of morpholine rings is 1. The molecule has 3 heteroatoms. The van der Waals surface area contributed by atoms with E-state index in [9.17, 15) is 5.11 Å². The maximum Gasteiger partial charge on any atom is 0.112 e. The molecule has 0 unspecified atom stereocenters. The predicted octanol–water partition coefficient (Wildman–Crippen LogP) is 0.867. The van der Waals surface area contributed by atoms with E-state index in [-0.39, 0.29) is 11.5 Å². The minimum Gasteiger partial charge on any atom is -0.386 e. The molecule has 5 rings (SSSR count). The average molecular weight is 280 g/mol. The van der Waals surface area contributed by atoms with E-state index in [1.54, 1.807) is 4.90 Å². The Morgan fingerprint density at radius 2 is 1.50 bits per heavy atom. The Hall–Kier alpha value is -0.120. The van der Waals surface area contributed by atoms with Crippen LogP contribution in [0.3, 0.4) is 0 Å². The molecule has 0 aromatic carbocycles. The predicted molar refractivity (Wildman–Crippen MR) is 77.6 cm³/mol. The normalized spacial score (nSPS) is 47.4. The summed E-state index contributed by atoms with van der Waals surface area (Å²) in [5.41, 5.74) is 0.277. The highest BCUT2D eigenvalue weighted by molar-refractivity contribution is 5.05. The number of aliphatic hydroxyl groups excluding tert-OH is 1. The van der Waals surface area contributed by atoms with Gasteiger partial charge in [0.25, 0.3) is 0 Å². The zero-order valence-electron chi connectivity index (χ0n) is 12.8. The number of rotatable bonds is 3. The monoisotopic (exact) mass is 280 g/mol. The Morgan fingerprint density at radius 3 is 2.00 bits per heavy atom. The molecule has 1 heterocycles. The molecule has 2 atom stereocenters. The summed E-state index contributed by atoms with van der Waals surface area (Å²) in [4.78, 5) is 1.57. The highest BCUT2D eigenvalue weighted by Gasteiger charge is 2.56. The molecule has 4 aliphatic carbocycles. The minimum atomic E-state index is -0.0935. The van der Waals surface area contributed by atoms with Crippen LogP contribution in [0.25, 0.3) is 0 Å². The fraction of sp³-hybridized carbons (Fsp3) is 1.00. The van der Waals surface area contributed by atoms with Gasteiger partial charge in [-0.25, -0.2) is 0 Å². The molecule has 0 aromatic heterocycles. The number of hydrogen-bond acceptors (Lipinski definition) is 2. The molecular formula is C17H30NO2+. The van der Waals surface area contributed by atoms with Gasteiger partial charge in [-0.05, 0) is 63.2 Å². The second kappa shape index (κ2) is 4.96. The van der Waals surface area contributed by atoms with E-state index >= 15 is 0 Å². The summed E-state index contributed by atoms with van der Waals surface area (Å²) in [5, 5.41) is 11.2. The number of quaternary nitrogens is 1. The number of nitrogens with one attached hydrogen (secondary N) is 1. The Morgan fingerprint density at radius 1 is 1.00 bits per heavy atom. The zero-order chi connectivity index (χ0) is 13.7. The first-order valence-corrected chi connectivity index (χ1v) is 8.77. The van der Waals surface area contributed by atoms with E-state index < -0.39 is 0 Å². The van der Waals surface area contributed by atoms with Crippen molar-refractivity contribution in [2.24, 2.45) is 23.2 Å². The molecule has 3 nitrogen and oxygen atoms in total. The smallest absolute Gasteiger partial charge is 0.112 e. The van der Waals surface area contributed by atoms with E-state index in [1.165, 1.54) is 38.5 Å². The highest BCUT2D eigenvalue weighted by atomic mass is 16.5. The van der Waals surface area contributed by atoms with Crippen molar-refractivity contribution in [2.75, 3.05) is 26.3 Å². The van der Waals surface area contributed by atoms with E-state index in [2.05, 4.69) is 6.92 Å². The van der Waals surface area contributed by atoms with Crippen molar-refractivity contribution in [3.05, 3.63) is 0 Å². The van der Waals surface area contributed by atoms with Crippen LogP contribution in [-0.4, -0.2) is 43.6 Å². The van der Waals surface area contributed by atoms with Gasteiger partial charge in [0.2, 0.25) is 0 Å². The second-order valence-electron chi connectivity index (χ2n) is 8.28. The zero-order valence-corrected chi connectivity index (χ0v) is 12.8. The lowest BCUT2D eigenvalue weighted by molar-refractivity contribution is -0.935. The molecule has 0 spiro atoms. The number of aliphatic hydroxyl groups is 1. The molecule has 1 aliphatic heterocycles. The maximum atomic E-state index is 11.2. The highest BCUT2D eigenvalue weighted by Crippen LogP contribution is 2.61. The van der Waals surface area contributed by atoms with Crippen molar-refractivity contribution in [3.8, 4) is 0 Å². The van der Waals surface area contributed by atoms with Gasteiger partial charge in [-0.15, -0.1) is 0 Å². The SMILES string of the molecule is C[C@H]([C@H](O)C12CC3CC(CC(C3)C1)C2)[NH+]1CCOCC1. The molecular weight excluding hydrogens is 250 g/mol. The van der Waals surface area contributed by atoms with E-state index in [1.807, 2.05) is 0 Å². The molecule has 20 heavy (non-hydrogen) atoms. The third kappa shape index (κ3) is 2.13. The lowest BCUT2D eigenvalue weighted by Gasteiger charge is -2.59. The van der Waals surface area contributed by atoms with Crippen molar-refractivity contribution in [3.63, 3.8) is 0 Å². The van der Waals surface area contributed by atoms with Crippen molar-refractivity contribution in [1.29, 1.82) is 0 Å². The largest absolute Gasteiger partial charge is 0.386 e. The van der Waals surface area contributed by atoms with Crippen LogP contribution in [0, 0.1) is 23.2 Å². The lowest BCUT2D eigenvalue weighted by Crippen LogP contribution is -3.18. The van der Waals surface area contributed by atoms with Crippen molar-refractivity contribution in [2.45, 2.75) is 57.6 Å². The van der Waals surface area contributed by atoms with Gasteiger partial charge in [-0.3, -0.25) is 0 Å². The van der Waals surface area contributed by atoms with Gasteiger partial charge in [-0.2, -0.15) is 0 Å². The van der Waals surface area contributed by atoms with Crippen molar-refractivity contribution >= 4 is 0 Å². The standard InChI is InChI=1S/C17H29NO2/c1-12(18-2-4-20-5-3-18)16(19)17-9-13-6-14(10-17)8-15(7-13)11-17/h12-16,19H,2-11H2,1H3/p+1/t12-,13?,14?,15?,16+,17?/m1/s1. The topological polar surface area (TPSA) is 33.9 Å². The second-order valence-corrected chi connectivity index (χ2v) is 8.28. The fourth-order valence-corrected chi connectivity index (χ4v) is 6.38. The summed E-state index contributed by atoms with van der Waals surface area (Å²) >= 11 is 0. The van der Waals surface area contributed by atoms with Crippen LogP contribution in [-0.2, 0) is 4.74 Å². The Labute approximate surface area is 122 Å². The van der Waals surface area contributed by atoms with Crippen LogP contribution in [0.2, 0.25) is 0 Å². The molecule has 0 radical (unpaired) electrons. The van der Waals surface area contributed by atoms with Gasteiger partial charge in [0.1, 0.15) is 25.2 Å². The maximum absolute atomic E-state index is 11.2. The van der Waals surface area contributed by atoms with E-state index in [0.29, 0.717) is 6.04 Å². The fourth-order valence-electron chi connectivity index (χ4n) is 6.38. The lowest BCUT2D eigenvalue weighted by atomic mass is 9.47. The van der Waals surface area contributed by atoms with Gasteiger partial charge < -0.3 is 14.7 Å². The third-order valence-electron chi connectivity index (χ3n) is 6.97. The van der Waals surface area contributed by atoms with Gasteiger partial charge in [0.15, 0.2) is 0 Å². The molecule has 0 amide bonds. The first-order valence-electron chi connectivity index (χ1n) is 8.77. The Kier molecular flexibility index (Phi) is 3.36. The van der Waals surface area contributed by atoms with E-state index in [0.717, 1.165) is 44.1 Å². The number of hydrogen-bond donors (Lipinski definition) is 2. The summed E-state index contributed by atoms with van der Waals surface area (Å²) in [5.74, 6) is 2.80. The number of ether oxygens (including phenoxy) is 1. The average Bonchev–Trinajstić information content (AvgIpc) is 2.45. The Balaban J connectivity index is 1.51. The van der Waals surface area contributed by atoms with Crippen LogP contribution in [0.5, 0.6) is 0 Å². The van der Waals surface area contributed by atoms with Crippen LogP contribution in [0.15, 0.2) is 0 Å². The molecule has 0 aromatic rings. The van der Waals surface area contributed by atoms with Crippen LogP contribution in [0.1, 0.15) is 45.4 Å². The molecule has 4 saturated carbocycles. The molecule has 1 saturated heterocycles. The first kappa shape index (κ1) is 13.5. The summed E-state index contributed by atoms with van der Waals surface area (Å²) in [7, 11) is 0. The molecule has 2 N–H and O–H groups in total. The van der Waals surface area contributed by atoms with Crippen molar-refractivity contribution in [1.82, 2.24) is 0 Å². The van der Waals surface area contributed by atoms with Crippen LogP contribution >= 0.6 is 0 Å². The van der Waals surface area contributed by atoms with Crippen LogP contribution in [0.4, 0.5) is 0 Å². The van der Waals surface area contributed by atoms with Gasteiger partial charge >= 0.3 is 0 Å². The van der Waals surface area contributed by atoms with Crippen molar-refractivity contribution < 1.29 is 14.7 Å². The third-order valence-corrected chi connectivity index (χ3v) is 6.97. The van der Waals surface area contributed by atoms with Gasteiger partial charge in [-0.1, -0.05) is 0 Å². The molecule has 5 aliphatic rings. The van der Waals surface area contributed by atoms with E-state index in [4.69, 9.17) is 4.74 Å². The molecule has 114 valence electrons. The first-order chi connectivity index (χ1) is 9.66. The molecule has 4 bridgehead atoms. The van der Waals surface area contributed by atoms with Crippen LogP contribution < -0.4 is 4.90 Å².